The Morgan fingerprint density at radius 2 is 1.28 bits per heavy atom. The van der Waals surface area contributed by atoms with Gasteiger partial charge in [-0.25, -0.2) is 0 Å². The smallest absolute Gasteiger partial charge is 0.127 e. The van der Waals surface area contributed by atoms with Crippen molar-refractivity contribution in [1.29, 1.82) is 0 Å². The molecule has 0 radical (unpaired) electrons. The van der Waals surface area contributed by atoms with Crippen molar-refractivity contribution < 1.29 is 10.2 Å². The summed E-state index contributed by atoms with van der Waals surface area (Å²) in [4.78, 5) is 2.24. The Morgan fingerprint density at radius 3 is 1.76 bits per heavy atom. The first-order chi connectivity index (χ1) is 14.0. The minimum Gasteiger partial charge on any atom is -0.385 e. The van der Waals surface area contributed by atoms with Crippen LogP contribution in [-0.4, -0.2) is 34.7 Å². The van der Waals surface area contributed by atoms with Crippen molar-refractivity contribution in [2.45, 2.75) is 24.0 Å². The quantitative estimate of drug-likeness (QED) is 0.651. The molecule has 1 aliphatic heterocycles. The van der Waals surface area contributed by atoms with Crippen LogP contribution in [0.2, 0.25) is 5.02 Å². The average Bonchev–Trinajstić information content (AvgIpc) is 2.77. The van der Waals surface area contributed by atoms with Crippen molar-refractivity contribution in [1.82, 2.24) is 4.90 Å². The molecular weight excluding hydrogens is 382 g/mol. The van der Waals surface area contributed by atoms with Crippen LogP contribution in [0, 0.1) is 0 Å². The van der Waals surface area contributed by atoms with Crippen LogP contribution in [0.25, 0.3) is 0 Å². The molecule has 0 unspecified atom stereocenters. The molecule has 3 nitrogen and oxygen atoms in total. The fourth-order valence-corrected chi connectivity index (χ4v) is 4.36. The number of likely N-dealkylation sites (tertiary alicyclic amines) is 1. The second-order valence-electron chi connectivity index (χ2n) is 7.91. The molecule has 3 aromatic rings. The summed E-state index contributed by atoms with van der Waals surface area (Å²) >= 11 is 5.99. The second kappa shape index (κ2) is 8.29. The summed E-state index contributed by atoms with van der Waals surface area (Å²) in [7, 11) is 0. The highest BCUT2D eigenvalue weighted by Crippen LogP contribution is 2.36. The second-order valence-corrected chi connectivity index (χ2v) is 8.34. The van der Waals surface area contributed by atoms with E-state index in [4.69, 9.17) is 11.6 Å². The van der Waals surface area contributed by atoms with Crippen molar-refractivity contribution in [2.75, 3.05) is 19.6 Å². The average molecular weight is 408 g/mol. The topological polar surface area (TPSA) is 43.7 Å². The van der Waals surface area contributed by atoms with Gasteiger partial charge in [0.1, 0.15) is 5.60 Å². The van der Waals surface area contributed by atoms with Crippen LogP contribution in [0.5, 0.6) is 0 Å². The van der Waals surface area contributed by atoms with E-state index in [1.165, 1.54) is 0 Å². The molecule has 0 saturated carbocycles. The highest BCUT2D eigenvalue weighted by Gasteiger charge is 2.38. The SMILES string of the molecule is OC1(c2ccc(Cl)cc2)CCN(CC(O)(c2ccccc2)c2ccccc2)CC1. The van der Waals surface area contributed by atoms with Gasteiger partial charge < -0.3 is 10.2 Å². The number of hydrogen-bond acceptors (Lipinski definition) is 3. The number of nitrogens with zero attached hydrogens (tertiary/aromatic N) is 1. The lowest BCUT2D eigenvalue weighted by molar-refractivity contribution is -0.0463. The minimum atomic E-state index is -1.10. The number of benzene rings is 3. The first kappa shape index (κ1) is 20.1. The molecule has 0 amide bonds. The van der Waals surface area contributed by atoms with Crippen LogP contribution < -0.4 is 0 Å². The highest BCUT2D eigenvalue weighted by atomic mass is 35.5. The Bertz CT molecular complexity index is 881. The number of rotatable bonds is 5. The van der Waals surface area contributed by atoms with E-state index in [2.05, 4.69) is 4.90 Å². The molecule has 3 aromatic carbocycles. The molecule has 2 N–H and O–H groups in total. The summed E-state index contributed by atoms with van der Waals surface area (Å²) in [6, 6.07) is 27.1. The van der Waals surface area contributed by atoms with Gasteiger partial charge in [0, 0.05) is 24.7 Å². The molecule has 0 spiro atoms. The summed E-state index contributed by atoms with van der Waals surface area (Å²) in [5.41, 5.74) is 0.717. The van der Waals surface area contributed by atoms with Gasteiger partial charge in [0.05, 0.1) is 5.60 Å². The summed E-state index contributed by atoms with van der Waals surface area (Å²) in [6.07, 6.45) is 1.24. The maximum atomic E-state index is 11.8. The van der Waals surface area contributed by atoms with Crippen LogP contribution >= 0.6 is 11.6 Å². The molecule has 0 aliphatic carbocycles. The zero-order chi connectivity index (χ0) is 20.3. The Balaban J connectivity index is 1.53. The van der Waals surface area contributed by atoms with Gasteiger partial charge in [0.2, 0.25) is 0 Å². The standard InChI is InChI=1S/C25H26ClNO2/c26-23-13-11-20(12-14-23)24(28)15-17-27(18-16-24)19-25(29,21-7-3-1-4-8-21)22-9-5-2-6-10-22/h1-14,28-29H,15-19H2. The molecule has 1 fully saturated rings. The zero-order valence-electron chi connectivity index (χ0n) is 16.3. The van der Waals surface area contributed by atoms with E-state index in [1.807, 2.05) is 84.9 Å². The maximum absolute atomic E-state index is 11.8. The lowest BCUT2D eigenvalue weighted by atomic mass is 9.82. The molecule has 0 atom stereocenters. The Hall–Kier alpha value is -2.17. The van der Waals surface area contributed by atoms with E-state index < -0.39 is 11.2 Å². The molecule has 150 valence electrons. The number of hydrogen-bond donors (Lipinski definition) is 2. The van der Waals surface area contributed by atoms with Crippen molar-refractivity contribution >= 4 is 11.6 Å². The van der Waals surface area contributed by atoms with E-state index in [-0.39, 0.29) is 0 Å². The Kier molecular flexibility index (Phi) is 5.75. The van der Waals surface area contributed by atoms with E-state index in [1.54, 1.807) is 0 Å². The molecular formula is C25H26ClNO2. The van der Waals surface area contributed by atoms with E-state index in [0.29, 0.717) is 37.5 Å². The van der Waals surface area contributed by atoms with Gasteiger partial charge in [0.15, 0.2) is 0 Å². The summed E-state index contributed by atoms with van der Waals surface area (Å²) in [6.45, 7) is 1.90. The summed E-state index contributed by atoms with van der Waals surface area (Å²) < 4.78 is 0. The number of piperidine rings is 1. The number of halogens is 1. The monoisotopic (exact) mass is 407 g/mol. The molecule has 1 saturated heterocycles. The van der Waals surface area contributed by atoms with Crippen LogP contribution in [0.15, 0.2) is 84.9 Å². The van der Waals surface area contributed by atoms with Gasteiger partial charge in [0.25, 0.3) is 0 Å². The fourth-order valence-electron chi connectivity index (χ4n) is 4.23. The molecule has 4 rings (SSSR count). The van der Waals surface area contributed by atoms with Crippen molar-refractivity contribution in [3.63, 3.8) is 0 Å². The third-order valence-corrected chi connectivity index (χ3v) is 6.27. The van der Waals surface area contributed by atoms with Crippen LogP contribution in [0.3, 0.4) is 0 Å². The first-order valence-corrected chi connectivity index (χ1v) is 10.4. The zero-order valence-corrected chi connectivity index (χ0v) is 17.1. The van der Waals surface area contributed by atoms with Crippen molar-refractivity contribution in [3.05, 3.63) is 107 Å². The van der Waals surface area contributed by atoms with Crippen LogP contribution in [0.4, 0.5) is 0 Å². The lowest BCUT2D eigenvalue weighted by Crippen LogP contribution is -2.48. The molecule has 29 heavy (non-hydrogen) atoms. The first-order valence-electron chi connectivity index (χ1n) is 10.0. The fraction of sp³-hybridized carbons (Fsp3) is 0.280. The summed E-state index contributed by atoms with van der Waals surface area (Å²) in [5, 5.41) is 23.6. The van der Waals surface area contributed by atoms with E-state index in [0.717, 1.165) is 16.7 Å². The van der Waals surface area contributed by atoms with Crippen molar-refractivity contribution in [2.24, 2.45) is 0 Å². The van der Waals surface area contributed by atoms with Gasteiger partial charge in [-0.15, -0.1) is 0 Å². The predicted molar refractivity (Wildman–Crippen MR) is 117 cm³/mol. The third kappa shape index (κ3) is 4.24. The predicted octanol–water partition coefficient (Wildman–Crippen LogP) is 4.56. The number of aliphatic hydroxyl groups is 2. The minimum absolute atomic E-state index is 0.484. The third-order valence-electron chi connectivity index (χ3n) is 6.02. The molecule has 1 aliphatic rings. The highest BCUT2D eigenvalue weighted by molar-refractivity contribution is 6.30. The largest absolute Gasteiger partial charge is 0.385 e. The van der Waals surface area contributed by atoms with E-state index >= 15 is 0 Å². The normalized spacial score (nSPS) is 17.2. The van der Waals surface area contributed by atoms with Gasteiger partial charge in [-0.3, -0.25) is 4.90 Å². The van der Waals surface area contributed by atoms with Crippen LogP contribution in [0.1, 0.15) is 29.5 Å². The van der Waals surface area contributed by atoms with Crippen LogP contribution in [-0.2, 0) is 11.2 Å². The van der Waals surface area contributed by atoms with Gasteiger partial charge in [-0.2, -0.15) is 0 Å². The molecule has 0 bridgehead atoms. The Morgan fingerprint density at radius 1 is 0.793 bits per heavy atom. The maximum Gasteiger partial charge on any atom is 0.127 e. The molecule has 0 aromatic heterocycles. The lowest BCUT2D eigenvalue weighted by Gasteiger charge is -2.42. The van der Waals surface area contributed by atoms with Gasteiger partial charge in [-0.05, 0) is 41.7 Å². The Labute approximate surface area is 177 Å². The van der Waals surface area contributed by atoms with E-state index in [9.17, 15) is 10.2 Å². The molecule has 1 heterocycles. The van der Waals surface area contributed by atoms with Gasteiger partial charge >= 0.3 is 0 Å². The molecule has 4 heteroatoms. The van der Waals surface area contributed by atoms with Crippen molar-refractivity contribution in [3.8, 4) is 0 Å². The summed E-state index contributed by atoms with van der Waals surface area (Å²) in [5.74, 6) is 0. The van der Waals surface area contributed by atoms with Gasteiger partial charge in [-0.1, -0.05) is 84.4 Å². The number of β-amino-alcohol motifs (C(OH)–C–C–N with tert-alkyl or cyclic N) is 1.